The van der Waals surface area contributed by atoms with Crippen LogP contribution >= 0.6 is 0 Å². The summed E-state index contributed by atoms with van der Waals surface area (Å²) in [5.74, 6) is -7.46. The molecule has 3 aromatic rings. The second-order valence-electron chi connectivity index (χ2n) is 9.10. The van der Waals surface area contributed by atoms with Gasteiger partial charge in [0.2, 0.25) is 6.29 Å². The van der Waals surface area contributed by atoms with Crippen LogP contribution in [0.1, 0.15) is 26.3 Å². The highest BCUT2D eigenvalue weighted by molar-refractivity contribution is 5.92. The van der Waals surface area contributed by atoms with Crippen LogP contribution < -0.4 is 4.74 Å². The van der Waals surface area contributed by atoms with Crippen molar-refractivity contribution in [1.82, 2.24) is 0 Å². The summed E-state index contributed by atoms with van der Waals surface area (Å²) in [5, 5.41) is 89.1. The molecule has 0 amide bonds. The summed E-state index contributed by atoms with van der Waals surface area (Å²) in [5.41, 5.74) is -0.559. The number of aliphatic hydroxyl groups is 3. The molecule has 0 saturated carbocycles. The van der Waals surface area contributed by atoms with Crippen LogP contribution in [0.3, 0.4) is 0 Å². The van der Waals surface area contributed by atoms with E-state index in [0.29, 0.717) is 5.56 Å². The van der Waals surface area contributed by atoms with Gasteiger partial charge in [0.15, 0.2) is 40.6 Å². The van der Waals surface area contributed by atoms with Gasteiger partial charge in [-0.1, -0.05) is 18.2 Å². The Morgan fingerprint density at radius 3 is 1.83 bits per heavy atom. The SMILES string of the molecule is O=C(OCC1OC(Oc2ccccc2CO)C(O)C(O)C1OC(=O)c1cc(O)c(O)c(O)c1)c1cc(O)c(O)c(O)c1. The van der Waals surface area contributed by atoms with Gasteiger partial charge in [0.1, 0.15) is 30.7 Å². The van der Waals surface area contributed by atoms with Crippen molar-refractivity contribution in [3.05, 3.63) is 65.2 Å². The van der Waals surface area contributed by atoms with Crippen LogP contribution in [-0.4, -0.2) is 95.2 Å². The smallest absolute Gasteiger partial charge is 0.338 e. The number of esters is 2. The van der Waals surface area contributed by atoms with E-state index in [0.717, 1.165) is 24.3 Å². The molecule has 15 heteroatoms. The molecule has 224 valence electrons. The van der Waals surface area contributed by atoms with E-state index in [9.17, 15) is 55.5 Å². The topological polar surface area (TPSA) is 253 Å². The molecule has 0 spiro atoms. The van der Waals surface area contributed by atoms with E-state index >= 15 is 0 Å². The Hall–Kier alpha value is -4.96. The second kappa shape index (κ2) is 12.3. The summed E-state index contributed by atoms with van der Waals surface area (Å²) in [6.07, 6.45) is -8.74. The van der Waals surface area contributed by atoms with Crippen LogP contribution in [0.5, 0.6) is 40.2 Å². The molecule has 1 heterocycles. The molecular formula is C27H26O15. The van der Waals surface area contributed by atoms with Crippen LogP contribution in [0.15, 0.2) is 48.5 Å². The first-order valence-corrected chi connectivity index (χ1v) is 12.2. The van der Waals surface area contributed by atoms with Crippen molar-refractivity contribution in [2.45, 2.75) is 37.3 Å². The van der Waals surface area contributed by atoms with E-state index in [1.807, 2.05) is 0 Å². The molecule has 5 unspecified atom stereocenters. The highest BCUT2D eigenvalue weighted by Gasteiger charge is 2.48. The van der Waals surface area contributed by atoms with Gasteiger partial charge in [-0.05, 0) is 30.3 Å². The number of carbonyl (C=O) groups excluding carboxylic acids is 2. The fourth-order valence-corrected chi connectivity index (χ4v) is 4.03. The maximum atomic E-state index is 12.8. The van der Waals surface area contributed by atoms with E-state index in [2.05, 4.69) is 0 Å². The van der Waals surface area contributed by atoms with Crippen molar-refractivity contribution < 1.29 is 74.5 Å². The Kier molecular flexibility index (Phi) is 8.77. The number of para-hydroxylation sites is 1. The number of rotatable bonds is 8. The van der Waals surface area contributed by atoms with Crippen molar-refractivity contribution in [2.24, 2.45) is 0 Å². The van der Waals surface area contributed by atoms with Crippen LogP contribution in [0.4, 0.5) is 0 Å². The predicted molar refractivity (Wildman–Crippen MR) is 136 cm³/mol. The highest BCUT2D eigenvalue weighted by Crippen LogP contribution is 2.37. The van der Waals surface area contributed by atoms with Gasteiger partial charge in [0, 0.05) is 5.56 Å². The molecule has 1 aliphatic rings. The minimum Gasteiger partial charge on any atom is -0.504 e. The molecule has 0 bridgehead atoms. The van der Waals surface area contributed by atoms with E-state index < -0.39 is 101 Å². The van der Waals surface area contributed by atoms with Crippen LogP contribution in [0.2, 0.25) is 0 Å². The number of hydrogen-bond donors (Lipinski definition) is 9. The van der Waals surface area contributed by atoms with Crippen molar-refractivity contribution in [2.75, 3.05) is 6.61 Å². The first kappa shape index (κ1) is 30.0. The van der Waals surface area contributed by atoms with Crippen molar-refractivity contribution in [3.63, 3.8) is 0 Å². The van der Waals surface area contributed by atoms with Crippen LogP contribution in [0.25, 0.3) is 0 Å². The standard InChI is InChI=1S/C27H26O15/c28-9-11-3-1-2-4-18(11)40-27-23(36)22(35)24(42-26(38)13-7-16(31)21(34)17(32)8-13)19(41-27)10-39-25(37)12-5-14(29)20(33)15(30)6-12/h1-8,19,22-24,27-36H,9-10H2. The van der Waals surface area contributed by atoms with Crippen LogP contribution in [0, 0.1) is 0 Å². The summed E-state index contributed by atoms with van der Waals surface area (Å²) in [4.78, 5) is 25.5. The molecule has 5 atom stereocenters. The second-order valence-corrected chi connectivity index (χ2v) is 9.10. The van der Waals surface area contributed by atoms with Gasteiger partial charge in [0.05, 0.1) is 17.7 Å². The number of aromatic hydroxyl groups is 6. The maximum absolute atomic E-state index is 12.8. The largest absolute Gasteiger partial charge is 0.504 e. The van der Waals surface area contributed by atoms with Gasteiger partial charge in [-0.3, -0.25) is 0 Å². The van der Waals surface area contributed by atoms with Gasteiger partial charge in [-0.15, -0.1) is 0 Å². The van der Waals surface area contributed by atoms with E-state index in [-0.39, 0.29) is 5.75 Å². The Bertz CT molecular complexity index is 1430. The molecular weight excluding hydrogens is 564 g/mol. The molecule has 0 aromatic heterocycles. The number of carbonyl (C=O) groups is 2. The van der Waals surface area contributed by atoms with Gasteiger partial charge in [-0.2, -0.15) is 0 Å². The molecule has 9 N–H and O–H groups in total. The summed E-state index contributed by atoms with van der Waals surface area (Å²) < 4.78 is 21.8. The summed E-state index contributed by atoms with van der Waals surface area (Å²) in [6, 6.07) is 9.28. The first-order chi connectivity index (χ1) is 19.9. The number of aliphatic hydroxyl groups excluding tert-OH is 3. The Morgan fingerprint density at radius 1 is 0.762 bits per heavy atom. The van der Waals surface area contributed by atoms with Crippen molar-refractivity contribution in [3.8, 4) is 40.2 Å². The number of phenols is 6. The zero-order valence-electron chi connectivity index (χ0n) is 21.4. The molecule has 0 radical (unpaired) electrons. The quantitative estimate of drug-likeness (QED) is 0.126. The third kappa shape index (κ3) is 6.18. The minimum absolute atomic E-state index is 0.0764. The average molecular weight is 590 g/mol. The molecule has 1 saturated heterocycles. The lowest BCUT2D eigenvalue weighted by molar-refractivity contribution is -0.276. The molecule has 1 fully saturated rings. The molecule has 4 rings (SSSR count). The first-order valence-electron chi connectivity index (χ1n) is 12.2. The van der Waals surface area contributed by atoms with Gasteiger partial charge in [-0.25, -0.2) is 9.59 Å². The number of benzene rings is 3. The molecule has 0 aliphatic carbocycles. The Balaban J connectivity index is 1.59. The fourth-order valence-electron chi connectivity index (χ4n) is 4.03. The molecule has 42 heavy (non-hydrogen) atoms. The average Bonchev–Trinajstić information content (AvgIpc) is 2.97. The lowest BCUT2D eigenvalue weighted by atomic mass is 9.98. The van der Waals surface area contributed by atoms with Crippen LogP contribution in [-0.2, 0) is 20.8 Å². The van der Waals surface area contributed by atoms with Gasteiger partial charge in [0.25, 0.3) is 0 Å². The van der Waals surface area contributed by atoms with E-state index in [4.69, 9.17) is 18.9 Å². The lowest BCUT2D eigenvalue weighted by Gasteiger charge is -2.41. The van der Waals surface area contributed by atoms with Crippen molar-refractivity contribution in [1.29, 1.82) is 0 Å². The van der Waals surface area contributed by atoms with Gasteiger partial charge >= 0.3 is 11.9 Å². The van der Waals surface area contributed by atoms with E-state index in [1.165, 1.54) is 12.1 Å². The Labute approximate surface area is 236 Å². The number of ether oxygens (including phenoxy) is 4. The van der Waals surface area contributed by atoms with E-state index in [1.54, 1.807) is 12.1 Å². The number of phenolic OH excluding ortho intramolecular Hbond substituents is 6. The monoisotopic (exact) mass is 590 g/mol. The fraction of sp³-hybridized carbons (Fsp3) is 0.259. The normalized spacial score (nSPS) is 21.8. The molecule has 3 aromatic carbocycles. The third-order valence-electron chi connectivity index (χ3n) is 6.26. The zero-order chi connectivity index (χ0) is 30.7. The minimum atomic E-state index is -1.93. The molecule has 1 aliphatic heterocycles. The summed E-state index contributed by atoms with van der Waals surface area (Å²) in [7, 11) is 0. The summed E-state index contributed by atoms with van der Waals surface area (Å²) in [6.45, 7) is -1.21. The maximum Gasteiger partial charge on any atom is 0.338 e. The van der Waals surface area contributed by atoms with Crippen molar-refractivity contribution >= 4 is 11.9 Å². The predicted octanol–water partition coefficient (Wildman–Crippen LogP) is 0.321. The summed E-state index contributed by atoms with van der Waals surface area (Å²) >= 11 is 0. The third-order valence-corrected chi connectivity index (χ3v) is 6.26. The number of hydrogen-bond acceptors (Lipinski definition) is 15. The lowest BCUT2D eigenvalue weighted by Crippen LogP contribution is -2.61. The Morgan fingerprint density at radius 2 is 1.29 bits per heavy atom. The highest BCUT2D eigenvalue weighted by atomic mass is 16.7. The van der Waals surface area contributed by atoms with Gasteiger partial charge < -0.3 is 64.9 Å². The molecule has 15 nitrogen and oxygen atoms in total. The zero-order valence-corrected chi connectivity index (χ0v) is 21.4.